The third kappa shape index (κ3) is 4.64. The van der Waals surface area contributed by atoms with Gasteiger partial charge in [-0.15, -0.1) is 11.8 Å². The Balaban J connectivity index is 2.62. The third-order valence-electron chi connectivity index (χ3n) is 3.39. The molecule has 0 saturated carbocycles. The van der Waals surface area contributed by atoms with Crippen molar-refractivity contribution in [3.05, 3.63) is 24.0 Å². The molecule has 6 heteroatoms. The molecule has 0 aliphatic carbocycles. The number of thioether (sulfide) groups is 1. The summed E-state index contributed by atoms with van der Waals surface area (Å²) in [6.07, 6.45) is 1.80. The van der Waals surface area contributed by atoms with Gasteiger partial charge >= 0.3 is 0 Å². The second-order valence-electron chi connectivity index (χ2n) is 5.22. The number of halogens is 1. The summed E-state index contributed by atoms with van der Waals surface area (Å²) < 4.78 is 13.6. The summed E-state index contributed by atoms with van der Waals surface area (Å²) >= 11 is 1.32. The van der Waals surface area contributed by atoms with Crippen molar-refractivity contribution in [3.63, 3.8) is 0 Å². The van der Waals surface area contributed by atoms with Gasteiger partial charge in [-0.25, -0.2) is 4.39 Å². The number of hydrogen-bond donors (Lipinski definition) is 2. The van der Waals surface area contributed by atoms with Gasteiger partial charge in [0, 0.05) is 10.6 Å². The molecule has 1 amide bonds. The van der Waals surface area contributed by atoms with Gasteiger partial charge in [-0.3, -0.25) is 4.79 Å². The molecule has 4 nitrogen and oxygen atoms in total. The predicted molar refractivity (Wildman–Crippen MR) is 83.7 cm³/mol. The molecule has 1 rings (SSSR count). The molecule has 0 aliphatic heterocycles. The Morgan fingerprint density at radius 2 is 2.19 bits per heavy atom. The minimum Gasteiger partial charge on any atom is -0.376 e. The van der Waals surface area contributed by atoms with E-state index in [1.807, 2.05) is 13.8 Å². The highest BCUT2D eigenvalue weighted by atomic mass is 32.2. The molecule has 0 radical (unpaired) electrons. The predicted octanol–water partition coefficient (Wildman–Crippen LogP) is 3.01. The Kier molecular flexibility index (Phi) is 6.03. The summed E-state index contributed by atoms with van der Waals surface area (Å²) in [5, 5.41) is 14.7. The van der Waals surface area contributed by atoms with Crippen LogP contribution in [0.1, 0.15) is 20.8 Å². The fourth-order valence-corrected chi connectivity index (χ4v) is 2.05. The molecule has 0 aromatic heterocycles. The Bertz CT molecular complexity index is 556. The maximum absolute atomic E-state index is 13.6. The molecule has 1 aromatic rings. The first-order chi connectivity index (χ1) is 9.82. The molecule has 1 aromatic carbocycles. The lowest BCUT2D eigenvalue weighted by Crippen LogP contribution is -2.50. The normalized spacial score (nSPS) is 13.4. The number of amides is 1. The molecule has 21 heavy (non-hydrogen) atoms. The second-order valence-corrected chi connectivity index (χ2v) is 6.07. The Hall–Kier alpha value is -1.74. The van der Waals surface area contributed by atoms with E-state index >= 15 is 0 Å². The monoisotopic (exact) mass is 309 g/mol. The van der Waals surface area contributed by atoms with E-state index < -0.39 is 5.54 Å². The minimum absolute atomic E-state index is 0.00948. The van der Waals surface area contributed by atoms with E-state index in [0.29, 0.717) is 10.6 Å². The van der Waals surface area contributed by atoms with Crippen molar-refractivity contribution in [2.45, 2.75) is 31.2 Å². The number of benzene rings is 1. The number of anilines is 1. The molecule has 1 atom stereocenters. The maximum Gasteiger partial charge on any atom is 0.240 e. The summed E-state index contributed by atoms with van der Waals surface area (Å²) in [5.74, 6) is -0.635. The van der Waals surface area contributed by atoms with Crippen LogP contribution in [0.4, 0.5) is 10.1 Å². The average molecular weight is 309 g/mol. The number of carbonyl (C=O) groups excluding carboxylic acids is 1. The van der Waals surface area contributed by atoms with Crippen LogP contribution < -0.4 is 10.6 Å². The highest BCUT2D eigenvalue weighted by Crippen LogP contribution is 2.22. The molecule has 0 aliphatic rings. The van der Waals surface area contributed by atoms with Crippen molar-refractivity contribution in [1.29, 1.82) is 5.26 Å². The van der Waals surface area contributed by atoms with E-state index in [2.05, 4.69) is 16.7 Å². The number of hydrogen-bond acceptors (Lipinski definition) is 4. The zero-order chi connectivity index (χ0) is 16.0. The maximum atomic E-state index is 13.6. The van der Waals surface area contributed by atoms with Crippen LogP contribution in [0.2, 0.25) is 0 Å². The molecule has 0 spiro atoms. The zero-order valence-corrected chi connectivity index (χ0v) is 13.5. The van der Waals surface area contributed by atoms with Crippen LogP contribution in [-0.2, 0) is 4.79 Å². The summed E-state index contributed by atoms with van der Waals surface area (Å²) in [4.78, 5) is 12.4. The van der Waals surface area contributed by atoms with Crippen molar-refractivity contribution in [2.24, 2.45) is 5.92 Å². The van der Waals surface area contributed by atoms with Crippen LogP contribution in [0.25, 0.3) is 0 Å². The van der Waals surface area contributed by atoms with E-state index in [9.17, 15) is 9.18 Å². The quantitative estimate of drug-likeness (QED) is 0.793. The lowest BCUT2D eigenvalue weighted by atomic mass is 9.90. The molecule has 0 unspecified atom stereocenters. The number of carbonyl (C=O) groups is 1. The SMILES string of the molecule is CSc1ccc(NCC(=O)N[C@](C)(C#N)C(C)C)cc1F. The van der Waals surface area contributed by atoms with Gasteiger partial charge in [-0.2, -0.15) is 5.26 Å². The number of rotatable bonds is 6. The van der Waals surface area contributed by atoms with Gasteiger partial charge in [0.1, 0.15) is 11.4 Å². The Morgan fingerprint density at radius 1 is 1.52 bits per heavy atom. The van der Waals surface area contributed by atoms with E-state index in [0.717, 1.165) is 0 Å². The number of nitriles is 1. The highest BCUT2D eigenvalue weighted by molar-refractivity contribution is 7.98. The molecule has 0 fully saturated rings. The summed E-state index contributed by atoms with van der Waals surface area (Å²) in [7, 11) is 0. The largest absolute Gasteiger partial charge is 0.376 e. The molecule has 114 valence electrons. The number of nitrogens with zero attached hydrogens (tertiary/aromatic N) is 1. The van der Waals surface area contributed by atoms with Crippen molar-refractivity contribution in [2.75, 3.05) is 18.1 Å². The van der Waals surface area contributed by atoms with Crippen LogP contribution in [0.15, 0.2) is 23.1 Å². The van der Waals surface area contributed by atoms with Crippen molar-refractivity contribution in [3.8, 4) is 6.07 Å². The molecule has 0 saturated heterocycles. The van der Waals surface area contributed by atoms with E-state index in [1.54, 1.807) is 25.3 Å². The van der Waals surface area contributed by atoms with Crippen LogP contribution in [-0.4, -0.2) is 24.2 Å². The van der Waals surface area contributed by atoms with Gasteiger partial charge in [-0.1, -0.05) is 13.8 Å². The summed E-state index contributed by atoms with van der Waals surface area (Å²) in [6, 6.07) is 6.84. The van der Waals surface area contributed by atoms with Gasteiger partial charge < -0.3 is 10.6 Å². The van der Waals surface area contributed by atoms with Crippen molar-refractivity contribution in [1.82, 2.24) is 5.32 Å². The van der Waals surface area contributed by atoms with Gasteiger partial charge in [-0.05, 0) is 37.3 Å². The highest BCUT2D eigenvalue weighted by Gasteiger charge is 2.29. The topological polar surface area (TPSA) is 64.9 Å². The van der Waals surface area contributed by atoms with Crippen molar-refractivity contribution >= 4 is 23.4 Å². The standard InChI is InChI=1S/C15H20FN3OS/c1-10(2)15(3,9-17)19-14(20)8-18-11-5-6-13(21-4)12(16)7-11/h5-7,10,18H,8H2,1-4H3,(H,19,20)/t15-/m1/s1. The molecular formula is C15H20FN3OS. The first-order valence-corrected chi connectivity index (χ1v) is 7.84. The van der Waals surface area contributed by atoms with Crippen LogP contribution >= 0.6 is 11.8 Å². The van der Waals surface area contributed by atoms with Gasteiger partial charge in [0.2, 0.25) is 5.91 Å². The summed E-state index contributed by atoms with van der Waals surface area (Å²) in [6.45, 7) is 5.41. The number of nitrogens with one attached hydrogen (secondary N) is 2. The third-order valence-corrected chi connectivity index (χ3v) is 4.16. The Labute approximate surface area is 129 Å². The molecule has 2 N–H and O–H groups in total. The molecule has 0 heterocycles. The van der Waals surface area contributed by atoms with Gasteiger partial charge in [0.15, 0.2) is 0 Å². The van der Waals surface area contributed by atoms with E-state index in [-0.39, 0.29) is 24.2 Å². The van der Waals surface area contributed by atoms with E-state index in [1.165, 1.54) is 17.8 Å². The zero-order valence-electron chi connectivity index (χ0n) is 12.7. The average Bonchev–Trinajstić information content (AvgIpc) is 2.44. The lowest BCUT2D eigenvalue weighted by Gasteiger charge is -2.27. The van der Waals surface area contributed by atoms with Crippen LogP contribution in [0, 0.1) is 23.1 Å². The van der Waals surface area contributed by atoms with Crippen LogP contribution in [0.3, 0.4) is 0 Å². The molecule has 0 bridgehead atoms. The molecular weight excluding hydrogens is 289 g/mol. The lowest BCUT2D eigenvalue weighted by molar-refractivity contribution is -0.121. The Morgan fingerprint density at radius 3 is 2.67 bits per heavy atom. The van der Waals surface area contributed by atoms with Crippen molar-refractivity contribution < 1.29 is 9.18 Å². The van der Waals surface area contributed by atoms with Gasteiger partial charge in [0.05, 0.1) is 12.6 Å². The van der Waals surface area contributed by atoms with Crippen LogP contribution in [0.5, 0.6) is 0 Å². The first kappa shape index (κ1) is 17.3. The minimum atomic E-state index is -0.910. The van der Waals surface area contributed by atoms with Gasteiger partial charge in [0.25, 0.3) is 0 Å². The smallest absolute Gasteiger partial charge is 0.240 e. The fourth-order valence-electron chi connectivity index (χ4n) is 1.59. The summed E-state index contributed by atoms with van der Waals surface area (Å²) in [5.41, 5.74) is -0.379. The second kappa shape index (κ2) is 7.32. The van der Waals surface area contributed by atoms with E-state index in [4.69, 9.17) is 5.26 Å². The first-order valence-electron chi connectivity index (χ1n) is 6.62. The fraction of sp³-hybridized carbons (Fsp3) is 0.467.